The predicted octanol–water partition coefficient (Wildman–Crippen LogP) is 5.09. The molecule has 0 aromatic heterocycles. The Bertz CT molecular complexity index is 753. The second-order valence-electron chi connectivity index (χ2n) is 4.85. The fourth-order valence-corrected chi connectivity index (χ4v) is 2.96. The fourth-order valence-electron chi connectivity index (χ4n) is 2.11. The van der Waals surface area contributed by atoms with E-state index in [0.717, 1.165) is 10.0 Å². The second-order valence-corrected chi connectivity index (χ2v) is 6.58. The second kappa shape index (κ2) is 8.60. The van der Waals surface area contributed by atoms with Crippen molar-refractivity contribution in [3.8, 4) is 11.5 Å². The van der Waals surface area contributed by atoms with Crippen molar-refractivity contribution in [1.29, 1.82) is 0 Å². The number of benzene rings is 2. The van der Waals surface area contributed by atoms with Crippen molar-refractivity contribution in [3.63, 3.8) is 0 Å². The van der Waals surface area contributed by atoms with Crippen LogP contribution in [0.1, 0.15) is 22.8 Å². The van der Waals surface area contributed by atoms with E-state index in [4.69, 9.17) is 32.7 Å². The Morgan fingerprint density at radius 3 is 2.62 bits per heavy atom. The van der Waals surface area contributed by atoms with E-state index in [9.17, 15) is 4.79 Å². The smallest absolute Gasteiger partial charge is 0.253 e. The topological polar surface area (TPSA) is 47.6 Å². The minimum Gasteiger partial charge on any atom is -0.493 e. The van der Waals surface area contributed by atoms with Crippen LogP contribution in [0, 0.1) is 0 Å². The molecule has 128 valence electrons. The Morgan fingerprint density at radius 2 is 1.96 bits per heavy atom. The highest BCUT2D eigenvalue weighted by molar-refractivity contribution is 9.10. The number of hydrogen-bond acceptors (Lipinski definition) is 3. The molecule has 1 N–H and O–H groups in total. The van der Waals surface area contributed by atoms with Crippen LogP contribution < -0.4 is 14.8 Å². The molecule has 0 heterocycles. The molecule has 24 heavy (non-hydrogen) atoms. The highest BCUT2D eigenvalue weighted by Crippen LogP contribution is 2.36. The molecule has 0 aliphatic heterocycles. The zero-order chi connectivity index (χ0) is 17.7. The summed E-state index contributed by atoms with van der Waals surface area (Å²) in [7, 11) is 1.54. The highest BCUT2D eigenvalue weighted by Gasteiger charge is 2.14. The van der Waals surface area contributed by atoms with Crippen LogP contribution in [0.25, 0.3) is 0 Å². The maximum Gasteiger partial charge on any atom is 0.253 e. The van der Waals surface area contributed by atoms with Crippen molar-refractivity contribution in [3.05, 3.63) is 56.0 Å². The monoisotopic (exact) mass is 431 g/mol. The number of halogens is 3. The summed E-state index contributed by atoms with van der Waals surface area (Å²) in [5, 5.41) is 3.63. The van der Waals surface area contributed by atoms with Crippen molar-refractivity contribution in [2.75, 3.05) is 13.7 Å². The minimum atomic E-state index is -0.273. The van der Waals surface area contributed by atoms with E-state index in [0.29, 0.717) is 33.7 Å². The Kier molecular flexibility index (Phi) is 6.78. The number of methoxy groups -OCH3 is 1. The molecule has 0 spiro atoms. The molecule has 1 amide bonds. The third-order valence-corrected chi connectivity index (χ3v) is 4.31. The standard InChI is InChI=1S/C17H16BrCl2NO3/c1-3-24-16-14(20)6-10(7-15(16)23-2)9-21-17(22)12-8-11(18)4-5-13(12)19/h4-8H,3,9H2,1-2H3,(H,21,22). The average Bonchev–Trinajstić information content (AvgIpc) is 2.56. The molecule has 2 aromatic carbocycles. The van der Waals surface area contributed by atoms with Gasteiger partial charge in [0, 0.05) is 11.0 Å². The SMILES string of the molecule is CCOc1c(Cl)cc(CNC(=O)c2cc(Br)ccc2Cl)cc1OC. The Labute approximate surface area is 159 Å². The van der Waals surface area contributed by atoms with E-state index in [2.05, 4.69) is 21.2 Å². The lowest BCUT2D eigenvalue weighted by Gasteiger charge is -2.14. The summed E-state index contributed by atoms with van der Waals surface area (Å²) in [6.45, 7) is 2.63. The number of nitrogens with one attached hydrogen (secondary N) is 1. The van der Waals surface area contributed by atoms with Crippen molar-refractivity contribution in [1.82, 2.24) is 5.32 Å². The molecular formula is C17H16BrCl2NO3. The summed E-state index contributed by atoms with van der Waals surface area (Å²) in [6.07, 6.45) is 0. The summed E-state index contributed by atoms with van der Waals surface area (Å²) >= 11 is 15.6. The molecule has 0 radical (unpaired) electrons. The maximum absolute atomic E-state index is 12.3. The van der Waals surface area contributed by atoms with Crippen molar-refractivity contribution in [2.45, 2.75) is 13.5 Å². The number of carbonyl (C=O) groups excluding carboxylic acids is 1. The van der Waals surface area contributed by atoms with Crippen LogP contribution in [-0.2, 0) is 6.54 Å². The van der Waals surface area contributed by atoms with Gasteiger partial charge in [-0.25, -0.2) is 0 Å². The van der Waals surface area contributed by atoms with E-state index in [1.54, 1.807) is 30.3 Å². The molecule has 0 saturated carbocycles. The minimum absolute atomic E-state index is 0.273. The molecule has 0 bridgehead atoms. The Morgan fingerprint density at radius 1 is 1.21 bits per heavy atom. The van der Waals surface area contributed by atoms with Gasteiger partial charge in [-0.05, 0) is 42.8 Å². The van der Waals surface area contributed by atoms with Crippen molar-refractivity contribution < 1.29 is 14.3 Å². The summed E-state index contributed by atoms with van der Waals surface area (Å²) in [4.78, 5) is 12.3. The number of amides is 1. The third-order valence-electron chi connectivity index (χ3n) is 3.20. The Balaban J connectivity index is 2.15. The quantitative estimate of drug-likeness (QED) is 0.691. The van der Waals surface area contributed by atoms with Crippen LogP contribution in [0.5, 0.6) is 11.5 Å². The van der Waals surface area contributed by atoms with Gasteiger partial charge >= 0.3 is 0 Å². The van der Waals surface area contributed by atoms with Gasteiger partial charge in [-0.3, -0.25) is 4.79 Å². The zero-order valence-corrected chi connectivity index (χ0v) is 16.3. The molecule has 0 aliphatic carbocycles. The van der Waals surface area contributed by atoms with Gasteiger partial charge in [0.05, 0.1) is 29.3 Å². The molecule has 4 nitrogen and oxygen atoms in total. The summed E-state index contributed by atoms with van der Waals surface area (Å²) in [5.74, 6) is 0.742. The van der Waals surface area contributed by atoms with Gasteiger partial charge in [0.1, 0.15) is 0 Å². The fraction of sp³-hybridized carbons (Fsp3) is 0.235. The van der Waals surface area contributed by atoms with Gasteiger partial charge in [0.25, 0.3) is 5.91 Å². The third kappa shape index (κ3) is 4.56. The van der Waals surface area contributed by atoms with Crippen molar-refractivity contribution >= 4 is 45.0 Å². The van der Waals surface area contributed by atoms with Gasteiger partial charge in [-0.2, -0.15) is 0 Å². The first-order chi connectivity index (χ1) is 11.5. The lowest BCUT2D eigenvalue weighted by Crippen LogP contribution is -2.23. The normalized spacial score (nSPS) is 10.4. The van der Waals surface area contributed by atoms with E-state index in [1.807, 2.05) is 6.92 Å². The molecule has 0 saturated heterocycles. The lowest BCUT2D eigenvalue weighted by molar-refractivity contribution is 0.0951. The van der Waals surface area contributed by atoms with Gasteiger partial charge in [0.2, 0.25) is 0 Å². The van der Waals surface area contributed by atoms with E-state index < -0.39 is 0 Å². The first-order valence-electron chi connectivity index (χ1n) is 7.18. The lowest BCUT2D eigenvalue weighted by atomic mass is 10.1. The van der Waals surface area contributed by atoms with Crippen LogP contribution >= 0.6 is 39.1 Å². The summed E-state index contributed by atoms with van der Waals surface area (Å²) in [6, 6.07) is 8.62. The highest BCUT2D eigenvalue weighted by atomic mass is 79.9. The van der Waals surface area contributed by atoms with Crippen LogP contribution in [0.4, 0.5) is 0 Å². The van der Waals surface area contributed by atoms with Crippen LogP contribution in [-0.4, -0.2) is 19.6 Å². The van der Waals surface area contributed by atoms with Gasteiger partial charge in [0.15, 0.2) is 11.5 Å². The van der Waals surface area contributed by atoms with Gasteiger partial charge < -0.3 is 14.8 Å². The molecular weight excluding hydrogens is 417 g/mol. The zero-order valence-electron chi connectivity index (χ0n) is 13.2. The molecule has 7 heteroatoms. The van der Waals surface area contributed by atoms with Gasteiger partial charge in [-0.1, -0.05) is 39.1 Å². The molecule has 0 fully saturated rings. The molecule has 0 unspecified atom stereocenters. The molecule has 0 aliphatic rings. The van der Waals surface area contributed by atoms with E-state index >= 15 is 0 Å². The largest absolute Gasteiger partial charge is 0.493 e. The number of carbonyl (C=O) groups is 1. The predicted molar refractivity (Wildman–Crippen MR) is 99.5 cm³/mol. The first-order valence-corrected chi connectivity index (χ1v) is 8.73. The van der Waals surface area contributed by atoms with Crippen LogP contribution in [0.2, 0.25) is 10.0 Å². The average molecular weight is 433 g/mol. The van der Waals surface area contributed by atoms with E-state index in [-0.39, 0.29) is 12.5 Å². The Hall–Kier alpha value is -1.43. The summed E-state index contributed by atoms with van der Waals surface area (Å²) < 4.78 is 11.5. The summed E-state index contributed by atoms with van der Waals surface area (Å²) in [5.41, 5.74) is 1.19. The maximum atomic E-state index is 12.3. The van der Waals surface area contributed by atoms with Crippen LogP contribution in [0.15, 0.2) is 34.8 Å². The molecule has 2 aromatic rings. The first kappa shape index (κ1) is 18.9. The van der Waals surface area contributed by atoms with Crippen LogP contribution in [0.3, 0.4) is 0 Å². The number of hydrogen-bond donors (Lipinski definition) is 1. The number of ether oxygens (including phenoxy) is 2. The van der Waals surface area contributed by atoms with E-state index in [1.165, 1.54) is 7.11 Å². The molecule has 0 atom stereocenters. The van der Waals surface area contributed by atoms with Crippen molar-refractivity contribution in [2.24, 2.45) is 0 Å². The van der Waals surface area contributed by atoms with Gasteiger partial charge in [-0.15, -0.1) is 0 Å². The molecule has 2 rings (SSSR count). The number of rotatable bonds is 6.